The van der Waals surface area contributed by atoms with E-state index in [1.165, 1.54) is 12.8 Å². The number of fused-ring (bicyclic) bond motifs is 2. The van der Waals surface area contributed by atoms with Gasteiger partial charge in [-0.1, -0.05) is 48.5 Å². The molecule has 2 atom stereocenters. The molecule has 164 valence electrons. The second-order valence-corrected chi connectivity index (χ2v) is 8.89. The van der Waals surface area contributed by atoms with Crippen LogP contribution in [0.2, 0.25) is 0 Å². The standard InChI is InChI=1S/C27H29N3O2/c1-30-22-11-12-23(30)16-25(15-22)32-24-9-5-6-19(14-24)17-29-27(31)26-13-10-21(18-28-26)20-7-3-2-4-8-20/h2-10,13-14,18,22-23,25H,11-12,15-17H2,1H3,(H,29,31)/t22-,23-/m1/s1. The molecule has 5 rings (SSSR count). The molecular weight excluding hydrogens is 398 g/mol. The van der Waals surface area contributed by atoms with Crippen LogP contribution < -0.4 is 10.1 Å². The van der Waals surface area contributed by atoms with Crippen LogP contribution in [-0.2, 0) is 6.54 Å². The maximum absolute atomic E-state index is 12.6. The highest BCUT2D eigenvalue weighted by Gasteiger charge is 2.39. The molecule has 1 aromatic heterocycles. The molecule has 3 aromatic rings. The summed E-state index contributed by atoms with van der Waals surface area (Å²) in [6.07, 6.45) is 6.78. The van der Waals surface area contributed by atoms with Crippen LogP contribution in [0.3, 0.4) is 0 Å². The molecule has 2 aromatic carbocycles. The minimum atomic E-state index is -0.178. The predicted octanol–water partition coefficient (Wildman–Crippen LogP) is 4.68. The Bertz CT molecular complexity index is 1050. The molecule has 0 saturated carbocycles. The van der Waals surface area contributed by atoms with E-state index in [9.17, 15) is 4.79 Å². The largest absolute Gasteiger partial charge is 0.490 e. The number of carbonyl (C=O) groups is 1. The third-order valence-electron chi connectivity index (χ3n) is 6.81. The molecular formula is C27H29N3O2. The Hall–Kier alpha value is -3.18. The molecule has 5 heteroatoms. The lowest BCUT2D eigenvalue weighted by atomic mass is 10.0. The van der Waals surface area contributed by atoms with Crippen molar-refractivity contribution in [2.24, 2.45) is 0 Å². The summed E-state index contributed by atoms with van der Waals surface area (Å²) >= 11 is 0. The molecule has 2 bridgehead atoms. The Morgan fingerprint density at radius 3 is 2.50 bits per heavy atom. The van der Waals surface area contributed by atoms with Gasteiger partial charge in [-0.05, 0) is 62.1 Å². The van der Waals surface area contributed by atoms with Crippen molar-refractivity contribution in [2.45, 2.75) is 50.4 Å². The van der Waals surface area contributed by atoms with Crippen LogP contribution in [0, 0.1) is 0 Å². The van der Waals surface area contributed by atoms with Crippen LogP contribution in [0.15, 0.2) is 72.9 Å². The maximum atomic E-state index is 12.6. The quantitative estimate of drug-likeness (QED) is 0.621. The molecule has 0 unspecified atom stereocenters. The van der Waals surface area contributed by atoms with Crippen molar-refractivity contribution in [3.05, 3.63) is 84.2 Å². The van der Waals surface area contributed by atoms with Gasteiger partial charge in [0.05, 0.1) is 0 Å². The van der Waals surface area contributed by atoms with Gasteiger partial charge in [0, 0.05) is 30.4 Å². The number of hydrogen-bond acceptors (Lipinski definition) is 4. The van der Waals surface area contributed by atoms with Crippen molar-refractivity contribution >= 4 is 5.91 Å². The average Bonchev–Trinajstić information content (AvgIpc) is 3.04. The van der Waals surface area contributed by atoms with E-state index < -0.39 is 0 Å². The highest BCUT2D eigenvalue weighted by molar-refractivity contribution is 5.92. The predicted molar refractivity (Wildman–Crippen MR) is 126 cm³/mol. The molecule has 3 heterocycles. The lowest BCUT2D eigenvalue weighted by molar-refractivity contribution is 0.0661. The number of rotatable bonds is 6. The lowest BCUT2D eigenvalue weighted by Crippen LogP contribution is -2.43. The van der Waals surface area contributed by atoms with E-state index in [-0.39, 0.29) is 12.0 Å². The van der Waals surface area contributed by atoms with E-state index in [2.05, 4.69) is 22.2 Å². The molecule has 1 amide bonds. The van der Waals surface area contributed by atoms with E-state index in [1.54, 1.807) is 12.3 Å². The van der Waals surface area contributed by atoms with E-state index in [1.807, 2.05) is 60.7 Å². The number of piperidine rings is 1. The molecule has 2 aliphatic rings. The van der Waals surface area contributed by atoms with Crippen LogP contribution in [0.4, 0.5) is 0 Å². The number of pyridine rings is 1. The van der Waals surface area contributed by atoms with Crippen molar-refractivity contribution in [3.63, 3.8) is 0 Å². The Balaban J connectivity index is 1.17. The van der Waals surface area contributed by atoms with Gasteiger partial charge >= 0.3 is 0 Å². The van der Waals surface area contributed by atoms with E-state index >= 15 is 0 Å². The highest BCUT2D eigenvalue weighted by Crippen LogP contribution is 2.36. The number of aromatic nitrogens is 1. The van der Waals surface area contributed by atoms with Crippen molar-refractivity contribution in [1.82, 2.24) is 15.2 Å². The summed E-state index contributed by atoms with van der Waals surface area (Å²) in [7, 11) is 2.24. The van der Waals surface area contributed by atoms with Gasteiger partial charge in [-0.25, -0.2) is 0 Å². The SMILES string of the molecule is CN1[C@@H]2CC[C@@H]1CC(Oc1cccc(CNC(=O)c3ccc(-c4ccccc4)cn3)c1)C2. The van der Waals surface area contributed by atoms with Gasteiger partial charge in [0.15, 0.2) is 0 Å². The van der Waals surface area contributed by atoms with E-state index in [0.717, 1.165) is 35.3 Å². The zero-order valence-electron chi connectivity index (χ0n) is 18.4. The molecule has 1 N–H and O–H groups in total. The normalized spacial score (nSPS) is 22.5. The van der Waals surface area contributed by atoms with Crippen LogP contribution in [0.1, 0.15) is 41.7 Å². The molecule has 0 aliphatic carbocycles. The van der Waals surface area contributed by atoms with Crippen molar-refractivity contribution in [3.8, 4) is 16.9 Å². The summed E-state index contributed by atoms with van der Waals surface area (Å²) in [5.41, 5.74) is 3.52. The van der Waals surface area contributed by atoms with Crippen molar-refractivity contribution < 1.29 is 9.53 Å². The minimum absolute atomic E-state index is 0.178. The number of amides is 1. The molecule has 5 nitrogen and oxygen atoms in total. The average molecular weight is 428 g/mol. The molecule has 2 aliphatic heterocycles. The minimum Gasteiger partial charge on any atom is -0.490 e. The molecule has 0 radical (unpaired) electrons. The van der Waals surface area contributed by atoms with E-state index in [0.29, 0.717) is 24.3 Å². The summed E-state index contributed by atoms with van der Waals surface area (Å²) in [5, 5.41) is 2.97. The smallest absolute Gasteiger partial charge is 0.270 e. The fourth-order valence-corrected chi connectivity index (χ4v) is 4.98. The number of nitrogens with zero attached hydrogens (tertiary/aromatic N) is 2. The van der Waals surface area contributed by atoms with Gasteiger partial charge in [0.2, 0.25) is 0 Å². The number of carbonyl (C=O) groups excluding carboxylic acids is 1. The highest BCUT2D eigenvalue weighted by atomic mass is 16.5. The number of hydrogen-bond donors (Lipinski definition) is 1. The second kappa shape index (κ2) is 9.13. The first-order valence-corrected chi connectivity index (χ1v) is 11.4. The third-order valence-corrected chi connectivity index (χ3v) is 6.81. The fourth-order valence-electron chi connectivity index (χ4n) is 4.98. The number of ether oxygens (including phenoxy) is 1. The molecule has 2 saturated heterocycles. The summed E-state index contributed by atoms with van der Waals surface area (Å²) in [6, 6.07) is 23.1. The summed E-state index contributed by atoms with van der Waals surface area (Å²) < 4.78 is 6.32. The fraction of sp³-hybridized carbons (Fsp3) is 0.333. The number of nitrogens with one attached hydrogen (secondary N) is 1. The van der Waals surface area contributed by atoms with Gasteiger partial charge in [-0.3, -0.25) is 9.78 Å². The zero-order valence-corrected chi connectivity index (χ0v) is 18.4. The maximum Gasteiger partial charge on any atom is 0.270 e. The first-order chi connectivity index (χ1) is 15.7. The van der Waals surface area contributed by atoms with Gasteiger partial charge in [-0.15, -0.1) is 0 Å². The van der Waals surface area contributed by atoms with Crippen molar-refractivity contribution in [2.75, 3.05) is 7.05 Å². The van der Waals surface area contributed by atoms with Gasteiger partial charge in [0.25, 0.3) is 5.91 Å². The van der Waals surface area contributed by atoms with Crippen LogP contribution in [0.5, 0.6) is 5.75 Å². The second-order valence-electron chi connectivity index (χ2n) is 8.89. The molecule has 32 heavy (non-hydrogen) atoms. The van der Waals surface area contributed by atoms with Gasteiger partial charge < -0.3 is 15.0 Å². The number of benzene rings is 2. The zero-order chi connectivity index (χ0) is 21.9. The Morgan fingerprint density at radius 1 is 1.00 bits per heavy atom. The first kappa shape index (κ1) is 20.7. The molecule has 2 fully saturated rings. The Labute approximate surface area is 189 Å². The monoisotopic (exact) mass is 427 g/mol. The third kappa shape index (κ3) is 4.53. The van der Waals surface area contributed by atoms with Crippen LogP contribution in [0.25, 0.3) is 11.1 Å². The Kier molecular flexibility index (Phi) is 5.91. The van der Waals surface area contributed by atoms with Crippen LogP contribution >= 0.6 is 0 Å². The van der Waals surface area contributed by atoms with Gasteiger partial charge in [0.1, 0.15) is 17.5 Å². The lowest BCUT2D eigenvalue weighted by Gasteiger charge is -2.36. The topological polar surface area (TPSA) is 54.5 Å². The summed E-state index contributed by atoms with van der Waals surface area (Å²) in [6.45, 7) is 0.441. The van der Waals surface area contributed by atoms with E-state index in [4.69, 9.17) is 4.74 Å². The Morgan fingerprint density at radius 2 is 1.78 bits per heavy atom. The molecule has 0 spiro atoms. The van der Waals surface area contributed by atoms with Crippen LogP contribution in [-0.4, -0.2) is 41.0 Å². The summed E-state index contributed by atoms with van der Waals surface area (Å²) in [4.78, 5) is 19.4. The summed E-state index contributed by atoms with van der Waals surface area (Å²) in [5.74, 6) is 0.707. The van der Waals surface area contributed by atoms with Gasteiger partial charge in [-0.2, -0.15) is 0 Å². The first-order valence-electron chi connectivity index (χ1n) is 11.4. The van der Waals surface area contributed by atoms with Crippen molar-refractivity contribution in [1.29, 1.82) is 0 Å².